The van der Waals surface area contributed by atoms with E-state index in [-0.39, 0.29) is 32.6 Å². The Hall–Kier alpha value is -0.160. The molecule has 4 heteroatoms. The van der Waals surface area contributed by atoms with Crippen LogP contribution < -0.4 is 0 Å². The van der Waals surface area contributed by atoms with Crippen molar-refractivity contribution in [3.63, 3.8) is 0 Å². The van der Waals surface area contributed by atoms with Crippen LogP contribution in [0.3, 0.4) is 0 Å². The molecule has 0 atom stereocenters. The smallest absolute Gasteiger partial charge is 0.152 e. The highest BCUT2D eigenvalue weighted by atomic mass is 16.8. The molecule has 0 saturated heterocycles. The Labute approximate surface area is 80.1 Å². The lowest BCUT2D eigenvalue weighted by Gasteiger charge is -2.10. The van der Waals surface area contributed by atoms with Gasteiger partial charge < -0.3 is 18.9 Å². The zero-order chi connectivity index (χ0) is 10.1. The molecule has 0 heterocycles. The Morgan fingerprint density at radius 2 is 1.08 bits per heavy atom. The molecule has 0 aromatic heterocycles. The van der Waals surface area contributed by atoms with Crippen molar-refractivity contribution in [2.45, 2.75) is 39.9 Å². The normalized spacial score (nSPS) is 11.5. The molecule has 4 nitrogen and oxygen atoms in total. The van der Waals surface area contributed by atoms with E-state index in [9.17, 15) is 0 Å². The van der Waals surface area contributed by atoms with E-state index in [1.54, 1.807) is 0 Å². The van der Waals surface area contributed by atoms with Gasteiger partial charge in [0, 0.05) is 0 Å². The molecule has 0 amide bonds. The van der Waals surface area contributed by atoms with Crippen molar-refractivity contribution in [1.82, 2.24) is 0 Å². The molecule has 80 valence electrons. The van der Waals surface area contributed by atoms with E-state index in [4.69, 9.17) is 18.9 Å². The Morgan fingerprint density at radius 3 is 1.38 bits per heavy atom. The monoisotopic (exact) mass is 192 g/mol. The van der Waals surface area contributed by atoms with Gasteiger partial charge >= 0.3 is 0 Å². The highest BCUT2D eigenvalue weighted by Gasteiger charge is 1.94. The van der Waals surface area contributed by atoms with Crippen LogP contribution in [0.4, 0.5) is 0 Å². The first-order chi connectivity index (χ1) is 6.13. The predicted molar refractivity (Wildman–Crippen MR) is 49.2 cm³/mol. The quantitative estimate of drug-likeness (QED) is 0.433. The van der Waals surface area contributed by atoms with E-state index in [0.717, 1.165) is 0 Å². The van der Waals surface area contributed by atoms with Gasteiger partial charge in [0.1, 0.15) is 13.6 Å². The van der Waals surface area contributed by atoms with Gasteiger partial charge in [-0.15, -0.1) is 0 Å². The van der Waals surface area contributed by atoms with Crippen molar-refractivity contribution >= 4 is 0 Å². The maximum atomic E-state index is 5.13. The van der Waals surface area contributed by atoms with Crippen LogP contribution in [0, 0.1) is 0 Å². The van der Waals surface area contributed by atoms with Gasteiger partial charge in [-0.05, 0) is 27.7 Å². The third-order valence-corrected chi connectivity index (χ3v) is 1.14. The SMILES string of the molecule is CC(C)OCOCOCOC(C)C. The fourth-order valence-electron chi connectivity index (χ4n) is 0.495. The minimum Gasteiger partial charge on any atom is -0.353 e. The third kappa shape index (κ3) is 11.8. The molecule has 0 bridgehead atoms. The minimum absolute atomic E-state index is 0.187. The second-order valence-corrected chi connectivity index (χ2v) is 3.19. The number of hydrogen-bond acceptors (Lipinski definition) is 4. The topological polar surface area (TPSA) is 36.9 Å². The summed E-state index contributed by atoms with van der Waals surface area (Å²) in [5.74, 6) is 0. The summed E-state index contributed by atoms with van der Waals surface area (Å²) < 4.78 is 20.3. The van der Waals surface area contributed by atoms with Crippen molar-refractivity contribution in [3.8, 4) is 0 Å². The molecule has 0 saturated carbocycles. The maximum absolute atomic E-state index is 5.13. The molecule has 0 N–H and O–H groups in total. The summed E-state index contributed by atoms with van der Waals surface area (Å²) in [5.41, 5.74) is 0. The van der Waals surface area contributed by atoms with Gasteiger partial charge in [-0.1, -0.05) is 0 Å². The third-order valence-electron chi connectivity index (χ3n) is 1.14. The molecule has 0 aliphatic rings. The first kappa shape index (κ1) is 12.8. The summed E-state index contributed by atoms with van der Waals surface area (Å²) in [7, 11) is 0. The van der Waals surface area contributed by atoms with Crippen molar-refractivity contribution in [2.24, 2.45) is 0 Å². The van der Waals surface area contributed by atoms with Gasteiger partial charge in [-0.25, -0.2) is 0 Å². The maximum Gasteiger partial charge on any atom is 0.152 e. The number of ether oxygens (including phenoxy) is 4. The van der Waals surface area contributed by atoms with Gasteiger partial charge in [0.25, 0.3) is 0 Å². The van der Waals surface area contributed by atoms with Crippen LogP contribution in [0.5, 0.6) is 0 Å². The van der Waals surface area contributed by atoms with Crippen molar-refractivity contribution < 1.29 is 18.9 Å². The van der Waals surface area contributed by atoms with E-state index in [1.807, 2.05) is 27.7 Å². The molecule has 0 radical (unpaired) electrons. The molecule has 0 aliphatic carbocycles. The highest BCUT2D eigenvalue weighted by Crippen LogP contribution is 1.90. The molecular weight excluding hydrogens is 172 g/mol. The molecule has 0 aromatic carbocycles. The molecule has 13 heavy (non-hydrogen) atoms. The number of hydrogen-bond donors (Lipinski definition) is 0. The van der Waals surface area contributed by atoms with Crippen LogP contribution in [0.1, 0.15) is 27.7 Å². The standard InChI is InChI=1S/C9H20O4/c1-8(2)12-6-10-5-11-7-13-9(3)4/h8-9H,5-7H2,1-4H3. The minimum atomic E-state index is 0.187. The van der Waals surface area contributed by atoms with Crippen LogP contribution >= 0.6 is 0 Å². The lowest BCUT2D eigenvalue weighted by atomic mass is 10.5. The van der Waals surface area contributed by atoms with Gasteiger partial charge in [0.15, 0.2) is 6.79 Å². The highest BCUT2D eigenvalue weighted by molar-refractivity contribution is 4.30. The Balaban J connectivity index is 2.92. The molecule has 0 aromatic rings. The first-order valence-electron chi connectivity index (χ1n) is 4.51. The van der Waals surface area contributed by atoms with E-state index in [1.165, 1.54) is 0 Å². The largest absolute Gasteiger partial charge is 0.353 e. The van der Waals surface area contributed by atoms with Crippen molar-refractivity contribution in [2.75, 3.05) is 20.4 Å². The number of rotatable bonds is 8. The lowest BCUT2D eigenvalue weighted by molar-refractivity contribution is -0.183. The van der Waals surface area contributed by atoms with E-state index in [2.05, 4.69) is 0 Å². The average Bonchev–Trinajstić information content (AvgIpc) is 2.01. The molecule has 0 fully saturated rings. The van der Waals surface area contributed by atoms with Crippen LogP contribution in [-0.4, -0.2) is 32.6 Å². The Bertz CT molecular complexity index is 91.8. The van der Waals surface area contributed by atoms with Gasteiger partial charge in [-0.2, -0.15) is 0 Å². The average molecular weight is 192 g/mol. The molecular formula is C9H20O4. The molecule has 0 rings (SSSR count). The summed E-state index contributed by atoms with van der Waals surface area (Å²) in [4.78, 5) is 0. The second kappa shape index (κ2) is 8.44. The fraction of sp³-hybridized carbons (Fsp3) is 1.00. The lowest BCUT2D eigenvalue weighted by Crippen LogP contribution is -2.12. The zero-order valence-corrected chi connectivity index (χ0v) is 8.91. The van der Waals surface area contributed by atoms with Crippen LogP contribution in [0.25, 0.3) is 0 Å². The van der Waals surface area contributed by atoms with Gasteiger partial charge in [0.2, 0.25) is 0 Å². The van der Waals surface area contributed by atoms with Crippen LogP contribution in [0.2, 0.25) is 0 Å². The summed E-state index contributed by atoms with van der Waals surface area (Å²) in [5, 5.41) is 0. The summed E-state index contributed by atoms with van der Waals surface area (Å²) >= 11 is 0. The summed E-state index contributed by atoms with van der Waals surface area (Å²) in [6, 6.07) is 0. The van der Waals surface area contributed by atoms with Crippen molar-refractivity contribution in [1.29, 1.82) is 0 Å². The first-order valence-corrected chi connectivity index (χ1v) is 4.51. The van der Waals surface area contributed by atoms with Crippen LogP contribution in [-0.2, 0) is 18.9 Å². The van der Waals surface area contributed by atoms with E-state index >= 15 is 0 Å². The van der Waals surface area contributed by atoms with Crippen molar-refractivity contribution in [3.05, 3.63) is 0 Å². The Morgan fingerprint density at radius 1 is 0.692 bits per heavy atom. The predicted octanol–water partition coefficient (Wildman–Crippen LogP) is 1.74. The summed E-state index contributed by atoms with van der Waals surface area (Å²) in [6.45, 7) is 8.54. The zero-order valence-electron chi connectivity index (χ0n) is 8.91. The Kier molecular flexibility index (Phi) is 8.33. The van der Waals surface area contributed by atoms with E-state index in [0.29, 0.717) is 0 Å². The molecule has 0 unspecified atom stereocenters. The van der Waals surface area contributed by atoms with Gasteiger partial charge in [-0.3, -0.25) is 0 Å². The van der Waals surface area contributed by atoms with E-state index < -0.39 is 0 Å². The molecule has 0 aliphatic heterocycles. The van der Waals surface area contributed by atoms with Gasteiger partial charge in [0.05, 0.1) is 12.2 Å². The van der Waals surface area contributed by atoms with Crippen LogP contribution in [0.15, 0.2) is 0 Å². The summed E-state index contributed by atoms with van der Waals surface area (Å²) in [6.07, 6.45) is 0.374. The second-order valence-electron chi connectivity index (χ2n) is 3.19. The molecule has 0 spiro atoms. The fourth-order valence-corrected chi connectivity index (χ4v) is 0.495.